The lowest BCUT2D eigenvalue weighted by Crippen LogP contribution is -1.85. The molecule has 0 aliphatic rings. The van der Waals surface area contributed by atoms with Gasteiger partial charge in [-0.2, -0.15) is 0 Å². The van der Waals surface area contributed by atoms with Crippen LogP contribution in [-0.4, -0.2) is 0 Å². The van der Waals surface area contributed by atoms with Crippen molar-refractivity contribution < 1.29 is 0 Å². The number of benzene rings is 3. The third-order valence-corrected chi connectivity index (χ3v) is 3.70. The molecule has 3 aromatic rings. The van der Waals surface area contributed by atoms with E-state index in [1.807, 2.05) is 30.3 Å². The Morgan fingerprint density at radius 1 is 0.810 bits per heavy atom. The molecule has 0 heterocycles. The molecule has 0 nitrogen and oxygen atoms in total. The summed E-state index contributed by atoms with van der Waals surface area (Å²) in [6.07, 6.45) is 2.10. The van der Waals surface area contributed by atoms with Gasteiger partial charge in [-0.1, -0.05) is 91.0 Å². The summed E-state index contributed by atoms with van der Waals surface area (Å²) in [5, 5.41) is 2.99. The largest absolute Gasteiger partial charge is 0.0843 e. The molecule has 0 aliphatic heterocycles. The summed E-state index contributed by atoms with van der Waals surface area (Å²) in [4.78, 5) is 0. The normalized spacial score (nSPS) is 11.6. The van der Waals surface area contributed by atoms with Gasteiger partial charge < -0.3 is 0 Å². The van der Waals surface area contributed by atoms with Crippen LogP contribution >= 0.6 is 11.6 Å². The van der Waals surface area contributed by atoms with Crippen molar-refractivity contribution in [2.75, 3.05) is 0 Å². The first-order valence-corrected chi connectivity index (χ1v) is 7.23. The fourth-order valence-corrected chi connectivity index (χ4v) is 2.63. The minimum atomic E-state index is 0.550. The summed E-state index contributed by atoms with van der Waals surface area (Å²) in [5.74, 6) is 0. The molecule has 0 amide bonds. The topological polar surface area (TPSA) is 0 Å². The van der Waals surface area contributed by atoms with Gasteiger partial charge in [0.05, 0.1) is 0 Å². The third-order valence-electron chi connectivity index (χ3n) is 3.50. The molecule has 0 aliphatic carbocycles. The van der Waals surface area contributed by atoms with Crippen molar-refractivity contribution in [3.05, 3.63) is 95.5 Å². The number of hydrogen-bond acceptors (Lipinski definition) is 0. The highest BCUT2D eigenvalue weighted by molar-refractivity contribution is 6.37. The first-order valence-electron chi connectivity index (χ1n) is 6.85. The first-order chi connectivity index (χ1) is 10.3. The Kier molecular flexibility index (Phi) is 3.89. The van der Waals surface area contributed by atoms with Gasteiger partial charge in [-0.3, -0.25) is 0 Å². The molecule has 0 bridgehead atoms. The van der Waals surface area contributed by atoms with Crippen molar-refractivity contribution in [1.82, 2.24) is 0 Å². The lowest BCUT2D eigenvalue weighted by Gasteiger charge is -2.08. The Morgan fingerprint density at radius 3 is 2.24 bits per heavy atom. The van der Waals surface area contributed by atoms with Crippen LogP contribution in [-0.2, 0) is 0 Å². The minimum absolute atomic E-state index is 0.550. The standard InChI is InChI=1S/C20H15Cl/c1-15(21)20(17-8-3-2-4-9-17)14-18-12-7-11-16-10-5-6-13-19(16)18/h2-14H,1H2/b20-14+. The van der Waals surface area contributed by atoms with Crippen molar-refractivity contribution in [2.45, 2.75) is 0 Å². The summed E-state index contributed by atoms with van der Waals surface area (Å²) in [6, 6.07) is 24.7. The van der Waals surface area contributed by atoms with Crippen LogP contribution in [0.1, 0.15) is 11.1 Å². The smallest absolute Gasteiger partial charge is 0.0412 e. The molecule has 3 aromatic carbocycles. The third kappa shape index (κ3) is 2.91. The molecule has 0 saturated carbocycles. The van der Waals surface area contributed by atoms with E-state index in [0.717, 1.165) is 16.7 Å². The molecule has 1 heteroatoms. The molecular formula is C20H15Cl. The fourth-order valence-electron chi connectivity index (χ4n) is 2.47. The zero-order valence-corrected chi connectivity index (χ0v) is 12.3. The van der Waals surface area contributed by atoms with Crippen LogP contribution in [0.4, 0.5) is 0 Å². The maximum absolute atomic E-state index is 6.22. The molecular weight excluding hydrogens is 276 g/mol. The van der Waals surface area contributed by atoms with Crippen molar-refractivity contribution in [2.24, 2.45) is 0 Å². The van der Waals surface area contributed by atoms with E-state index >= 15 is 0 Å². The molecule has 0 radical (unpaired) electrons. The minimum Gasteiger partial charge on any atom is -0.0843 e. The highest BCUT2D eigenvalue weighted by Gasteiger charge is 2.05. The van der Waals surface area contributed by atoms with Crippen molar-refractivity contribution in [3.8, 4) is 0 Å². The van der Waals surface area contributed by atoms with Gasteiger partial charge in [0.25, 0.3) is 0 Å². The van der Waals surface area contributed by atoms with E-state index in [1.54, 1.807) is 0 Å². The number of halogens is 1. The molecule has 21 heavy (non-hydrogen) atoms. The van der Waals surface area contributed by atoms with Crippen LogP contribution in [0.5, 0.6) is 0 Å². The number of allylic oxidation sites excluding steroid dienone is 2. The molecule has 0 aromatic heterocycles. The predicted molar refractivity (Wildman–Crippen MR) is 93.3 cm³/mol. The van der Waals surface area contributed by atoms with E-state index in [2.05, 4.69) is 55.1 Å². The molecule has 0 N–H and O–H groups in total. The Morgan fingerprint density at radius 2 is 1.48 bits per heavy atom. The van der Waals surface area contributed by atoms with E-state index in [1.165, 1.54) is 10.8 Å². The predicted octanol–water partition coefficient (Wildman–Crippen LogP) is 6.13. The molecule has 0 atom stereocenters. The Labute approximate surface area is 130 Å². The second-order valence-electron chi connectivity index (χ2n) is 4.90. The molecule has 3 rings (SSSR count). The maximum atomic E-state index is 6.22. The Hall–Kier alpha value is -2.31. The summed E-state index contributed by atoms with van der Waals surface area (Å²) in [5.41, 5.74) is 3.17. The van der Waals surface area contributed by atoms with Gasteiger partial charge in [0.15, 0.2) is 0 Å². The molecule has 0 spiro atoms. The van der Waals surface area contributed by atoms with Gasteiger partial charge in [0, 0.05) is 10.6 Å². The summed E-state index contributed by atoms with van der Waals surface area (Å²) in [7, 11) is 0. The van der Waals surface area contributed by atoms with Crippen LogP contribution in [0.25, 0.3) is 22.4 Å². The first kappa shape index (κ1) is 13.7. The van der Waals surface area contributed by atoms with Crippen molar-refractivity contribution >= 4 is 34.0 Å². The summed E-state index contributed by atoms with van der Waals surface area (Å²) >= 11 is 6.22. The van der Waals surface area contributed by atoms with Crippen molar-refractivity contribution in [3.63, 3.8) is 0 Å². The van der Waals surface area contributed by atoms with E-state index < -0.39 is 0 Å². The van der Waals surface area contributed by atoms with E-state index in [4.69, 9.17) is 11.6 Å². The molecule has 0 unspecified atom stereocenters. The second-order valence-corrected chi connectivity index (χ2v) is 5.35. The van der Waals surface area contributed by atoms with Gasteiger partial charge >= 0.3 is 0 Å². The van der Waals surface area contributed by atoms with Crippen molar-refractivity contribution in [1.29, 1.82) is 0 Å². The van der Waals surface area contributed by atoms with Gasteiger partial charge in [-0.25, -0.2) is 0 Å². The van der Waals surface area contributed by atoms with E-state index in [-0.39, 0.29) is 0 Å². The van der Waals surface area contributed by atoms with E-state index in [0.29, 0.717) is 5.03 Å². The summed E-state index contributed by atoms with van der Waals surface area (Å²) in [6.45, 7) is 3.91. The second kappa shape index (κ2) is 5.99. The number of fused-ring (bicyclic) bond motifs is 1. The quantitative estimate of drug-likeness (QED) is 0.402. The molecule has 0 saturated heterocycles. The lowest BCUT2D eigenvalue weighted by atomic mass is 9.99. The Bertz CT molecular complexity index is 808. The van der Waals surface area contributed by atoms with Gasteiger partial charge in [0.2, 0.25) is 0 Å². The fraction of sp³-hybridized carbons (Fsp3) is 0. The average Bonchev–Trinajstić information content (AvgIpc) is 2.53. The molecule has 102 valence electrons. The van der Waals surface area contributed by atoms with Crippen LogP contribution in [0.3, 0.4) is 0 Å². The van der Waals surface area contributed by atoms with Crippen LogP contribution < -0.4 is 0 Å². The SMILES string of the molecule is C=C(Cl)/C(=C\c1cccc2ccccc12)c1ccccc1. The summed E-state index contributed by atoms with van der Waals surface area (Å²) < 4.78 is 0. The number of hydrogen-bond donors (Lipinski definition) is 0. The monoisotopic (exact) mass is 290 g/mol. The zero-order chi connectivity index (χ0) is 14.7. The van der Waals surface area contributed by atoms with Gasteiger partial charge in [0.1, 0.15) is 0 Å². The zero-order valence-electron chi connectivity index (χ0n) is 11.6. The highest BCUT2D eigenvalue weighted by Crippen LogP contribution is 2.29. The Balaban J connectivity index is 2.19. The van der Waals surface area contributed by atoms with Crippen LogP contribution in [0, 0.1) is 0 Å². The van der Waals surface area contributed by atoms with Gasteiger partial charge in [-0.15, -0.1) is 0 Å². The maximum Gasteiger partial charge on any atom is 0.0412 e. The average molecular weight is 291 g/mol. The van der Waals surface area contributed by atoms with Gasteiger partial charge in [-0.05, 0) is 28.0 Å². The van der Waals surface area contributed by atoms with Crippen LogP contribution in [0.15, 0.2) is 84.4 Å². The van der Waals surface area contributed by atoms with Crippen LogP contribution in [0.2, 0.25) is 0 Å². The van der Waals surface area contributed by atoms with E-state index in [9.17, 15) is 0 Å². The molecule has 0 fully saturated rings. The lowest BCUT2D eigenvalue weighted by molar-refractivity contribution is 1.62. The highest BCUT2D eigenvalue weighted by atomic mass is 35.5. The number of rotatable bonds is 3.